The van der Waals surface area contributed by atoms with Gasteiger partial charge in [-0.3, -0.25) is 9.69 Å². The van der Waals surface area contributed by atoms with Gasteiger partial charge in [-0.25, -0.2) is 0 Å². The van der Waals surface area contributed by atoms with Crippen molar-refractivity contribution in [2.75, 3.05) is 39.4 Å². The summed E-state index contributed by atoms with van der Waals surface area (Å²) in [6, 6.07) is 10.0. The molecule has 2 aromatic rings. The molecule has 0 bridgehead atoms. The molecular weight excluding hydrogens is 300 g/mol. The number of ether oxygens (including phenoxy) is 1. The molecule has 1 saturated heterocycles. The molecule has 2 N–H and O–H groups in total. The van der Waals surface area contributed by atoms with Crippen molar-refractivity contribution in [1.82, 2.24) is 10.2 Å². The zero-order valence-electron chi connectivity index (χ0n) is 12.3. The van der Waals surface area contributed by atoms with E-state index in [1.54, 1.807) is 11.3 Å². The van der Waals surface area contributed by atoms with Crippen LogP contribution < -0.4 is 5.32 Å². The van der Waals surface area contributed by atoms with Crippen LogP contribution in [0, 0.1) is 0 Å². The van der Waals surface area contributed by atoms with Gasteiger partial charge in [-0.1, -0.05) is 18.2 Å². The normalized spacial score (nSPS) is 17.5. The summed E-state index contributed by atoms with van der Waals surface area (Å²) in [5, 5.41) is 14.2. The molecular formula is C16H20N2O3S. The quantitative estimate of drug-likeness (QED) is 0.874. The number of morpholine rings is 1. The molecule has 1 aliphatic rings. The minimum Gasteiger partial charge on any atom is -0.386 e. The van der Waals surface area contributed by atoms with Gasteiger partial charge in [-0.15, -0.1) is 11.3 Å². The Labute approximate surface area is 133 Å². The number of aliphatic hydroxyl groups is 1. The summed E-state index contributed by atoms with van der Waals surface area (Å²) < 4.78 is 6.40. The van der Waals surface area contributed by atoms with Gasteiger partial charge < -0.3 is 15.2 Å². The molecule has 3 rings (SSSR count). The van der Waals surface area contributed by atoms with Gasteiger partial charge in [0.05, 0.1) is 19.8 Å². The third-order valence-electron chi connectivity index (χ3n) is 3.74. The summed E-state index contributed by atoms with van der Waals surface area (Å²) in [5.74, 6) is -0.0536. The summed E-state index contributed by atoms with van der Waals surface area (Å²) in [6.07, 6.45) is -0.661. The van der Waals surface area contributed by atoms with Crippen LogP contribution in [-0.4, -0.2) is 55.3 Å². The van der Waals surface area contributed by atoms with Gasteiger partial charge in [0.15, 0.2) is 0 Å². The van der Waals surface area contributed by atoms with Crippen LogP contribution in [0.2, 0.25) is 0 Å². The average Bonchev–Trinajstić information content (AvgIpc) is 2.98. The van der Waals surface area contributed by atoms with Gasteiger partial charge in [0, 0.05) is 29.2 Å². The van der Waals surface area contributed by atoms with E-state index in [2.05, 4.69) is 10.2 Å². The van der Waals surface area contributed by atoms with Crippen molar-refractivity contribution in [1.29, 1.82) is 0 Å². The predicted octanol–water partition coefficient (Wildman–Crippen LogP) is 1.38. The zero-order valence-corrected chi connectivity index (χ0v) is 13.1. The van der Waals surface area contributed by atoms with E-state index in [1.807, 2.05) is 30.3 Å². The first-order chi connectivity index (χ1) is 10.7. The SMILES string of the molecule is O=C(CN1CCOCC1)NCC(O)c1cc2ccccc2s1. The first-order valence-corrected chi connectivity index (χ1v) is 8.27. The molecule has 0 radical (unpaired) electrons. The standard InChI is InChI=1S/C16H20N2O3S/c19-13(15-9-12-3-1-2-4-14(12)22-15)10-17-16(20)11-18-5-7-21-8-6-18/h1-4,9,13,19H,5-8,10-11H2,(H,17,20). The summed E-state index contributed by atoms with van der Waals surface area (Å²) in [4.78, 5) is 14.9. The van der Waals surface area contributed by atoms with Crippen LogP contribution in [-0.2, 0) is 9.53 Å². The van der Waals surface area contributed by atoms with Crippen molar-refractivity contribution < 1.29 is 14.6 Å². The van der Waals surface area contributed by atoms with Gasteiger partial charge in [-0.2, -0.15) is 0 Å². The van der Waals surface area contributed by atoms with Crippen molar-refractivity contribution in [3.63, 3.8) is 0 Å². The Kier molecular flexibility index (Phi) is 5.04. The van der Waals surface area contributed by atoms with Crippen molar-refractivity contribution >= 4 is 27.3 Å². The molecule has 1 fully saturated rings. The molecule has 1 aromatic heterocycles. The summed E-state index contributed by atoms with van der Waals surface area (Å²) in [7, 11) is 0. The molecule has 1 atom stereocenters. The van der Waals surface area contributed by atoms with E-state index in [-0.39, 0.29) is 12.5 Å². The number of carbonyl (C=O) groups excluding carboxylic acids is 1. The lowest BCUT2D eigenvalue weighted by atomic mass is 10.2. The van der Waals surface area contributed by atoms with Crippen LogP contribution >= 0.6 is 11.3 Å². The maximum absolute atomic E-state index is 11.9. The highest BCUT2D eigenvalue weighted by Crippen LogP contribution is 2.29. The Balaban J connectivity index is 1.50. The van der Waals surface area contributed by atoms with Crippen LogP contribution in [0.1, 0.15) is 11.0 Å². The van der Waals surface area contributed by atoms with Crippen molar-refractivity contribution in [3.05, 3.63) is 35.2 Å². The topological polar surface area (TPSA) is 61.8 Å². The lowest BCUT2D eigenvalue weighted by Gasteiger charge is -2.25. The average molecular weight is 320 g/mol. The fourth-order valence-electron chi connectivity index (χ4n) is 2.50. The number of hydrogen-bond acceptors (Lipinski definition) is 5. The van der Waals surface area contributed by atoms with Gasteiger partial charge in [0.2, 0.25) is 5.91 Å². The fraction of sp³-hybridized carbons (Fsp3) is 0.438. The second-order valence-corrected chi connectivity index (χ2v) is 6.51. The Bertz CT molecular complexity index is 604. The minimum absolute atomic E-state index is 0.0536. The lowest BCUT2D eigenvalue weighted by molar-refractivity contribution is -0.123. The largest absolute Gasteiger partial charge is 0.386 e. The number of rotatable bonds is 5. The van der Waals surface area contributed by atoms with E-state index in [9.17, 15) is 9.90 Å². The molecule has 118 valence electrons. The number of carbonyl (C=O) groups is 1. The maximum atomic E-state index is 11.9. The van der Waals surface area contributed by atoms with E-state index in [1.165, 1.54) is 0 Å². The van der Waals surface area contributed by atoms with Crippen LogP contribution in [0.15, 0.2) is 30.3 Å². The second kappa shape index (κ2) is 7.19. The Morgan fingerprint density at radius 3 is 2.91 bits per heavy atom. The lowest BCUT2D eigenvalue weighted by Crippen LogP contribution is -2.43. The first-order valence-electron chi connectivity index (χ1n) is 7.46. The zero-order chi connectivity index (χ0) is 15.4. The smallest absolute Gasteiger partial charge is 0.234 e. The molecule has 1 aromatic carbocycles. The number of fused-ring (bicyclic) bond motifs is 1. The fourth-order valence-corrected chi connectivity index (χ4v) is 3.55. The highest BCUT2D eigenvalue weighted by Gasteiger charge is 2.16. The van der Waals surface area contributed by atoms with Crippen LogP contribution in [0.4, 0.5) is 0 Å². The summed E-state index contributed by atoms with van der Waals surface area (Å²) >= 11 is 1.56. The highest BCUT2D eigenvalue weighted by atomic mass is 32.1. The van der Waals surface area contributed by atoms with Crippen molar-refractivity contribution in [2.24, 2.45) is 0 Å². The molecule has 22 heavy (non-hydrogen) atoms. The number of benzene rings is 1. The number of amides is 1. The Morgan fingerprint density at radius 1 is 1.36 bits per heavy atom. The molecule has 5 nitrogen and oxygen atoms in total. The van der Waals surface area contributed by atoms with E-state index in [0.717, 1.165) is 28.1 Å². The predicted molar refractivity (Wildman–Crippen MR) is 87.1 cm³/mol. The van der Waals surface area contributed by atoms with Gasteiger partial charge >= 0.3 is 0 Å². The van der Waals surface area contributed by atoms with E-state index in [4.69, 9.17) is 4.74 Å². The van der Waals surface area contributed by atoms with Crippen LogP contribution in [0.25, 0.3) is 10.1 Å². The third kappa shape index (κ3) is 3.84. The van der Waals surface area contributed by atoms with E-state index in [0.29, 0.717) is 19.8 Å². The van der Waals surface area contributed by atoms with Crippen LogP contribution in [0.3, 0.4) is 0 Å². The molecule has 1 amide bonds. The Hall–Kier alpha value is -1.47. The molecule has 2 heterocycles. The van der Waals surface area contributed by atoms with E-state index < -0.39 is 6.10 Å². The number of hydrogen-bond donors (Lipinski definition) is 2. The van der Waals surface area contributed by atoms with Crippen LogP contribution in [0.5, 0.6) is 0 Å². The molecule has 0 aliphatic carbocycles. The number of aliphatic hydroxyl groups excluding tert-OH is 1. The first kappa shape index (κ1) is 15.4. The summed E-state index contributed by atoms with van der Waals surface area (Å²) in [6.45, 7) is 3.53. The molecule has 0 saturated carbocycles. The highest BCUT2D eigenvalue weighted by molar-refractivity contribution is 7.19. The van der Waals surface area contributed by atoms with Crippen molar-refractivity contribution in [3.8, 4) is 0 Å². The van der Waals surface area contributed by atoms with Gasteiger partial charge in [0.25, 0.3) is 0 Å². The van der Waals surface area contributed by atoms with Gasteiger partial charge in [0.1, 0.15) is 6.10 Å². The molecule has 6 heteroatoms. The molecule has 1 aliphatic heterocycles. The Morgan fingerprint density at radius 2 is 2.14 bits per heavy atom. The summed E-state index contributed by atoms with van der Waals surface area (Å²) in [5.41, 5.74) is 0. The third-order valence-corrected chi connectivity index (χ3v) is 4.95. The number of thiophene rings is 1. The second-order valence-electron chi connectivity index (χ2n) is 5.39. The number of nitrogens with one attached hydrogen (secondary N) is 1. The van der Waals surface area contributed by atoms with Crippen molar-refractivity contribution in [2.45, 2.75) is 6.10 Å². The van der Waals surface area contributed by atoms with Gasteiger partial charge in [-0.05, 0) is 17.5 Å². The molecule has 1 unspecified atom stereocenters. The monoisotopic (exact) mass is 320 g/mol. The minimum atomic E-state index is -0.661. The molecule has 0 spiro atoms. The maximum Gasteiger partial charge on any atom is 0.234 e. The van der Waals surface area contributed by atoms with E-state index >= 15 is 0 Å². The number of nitrogens with zero attached hydrogens (tertiary/aromatic N) is 1.